The first kappa shape index (κ1) is 21.7. The molecule has 28 heavy (non-hydrogen) atoms. The van der Waals surface area contributed by atoms with Crippen LogP contribution in [0.3, 0.4) is 0 Å². The molecule has 1 amide bonds. The standard InChI is InChI=1S/C20H24BrNO6/c1-24-16-7-6-13(19(27-4)20(16)28-5)15(22-11-23)8-12-9-17(25-2)18(26-3)10-14(12)21/h6-7,9-11,15H,8H2,1-5H3,(H,22,23). The second-order valence-electron chi connectivity index (χ2n) is 5.76. The highest BCUT2D eigenvalue weighted by Gasteiger charge is 2.23. The van der Waals surface area contributed by atoms with Crippen molar-refractivity contribution in [1.29, 1.82) is 0 Å². The molecule has 2 rings (SSSR count). The van der Waals surface area contributed by atoms with E-state index in [0.29, 0.717) is 41.6 Å². The molecule has 1 unspecified atom stereocenters. The van der Waals surface area contributed by atoms with Gasteiger partial charge in [-0.15, -0.1) is 0 Å². The van der Waals surface area contributed by atoms with Gasteiger partial charge in [0.2, 0.25) is 12.2 Å². The topological polar surface area (TPSA) is 75.3 Å². The highest BCUT2D eigenvalue weighted by Crippen LogP contribution is 2.43. The lowest BCUT2D eigenvalue weighted by atomic mass is 9.97. The lowest BCUT2D eigenvalue weighted by Gasteiger charge is -2.23. The number of hydrogen-bond acceptors (Lipinski definition) is 6. The maximum absolute atomic E-state index is 11.3. The van der Waals surface area contributed by atoms with Crippen LogP contribution in [-0.2, 0) is 11.2 Å². The Balaban J connectivity index is 2.52. The van der Waals surface area contributed by atoms with E-state index < -0.39 is 0 Å². The van der Waals surface area contributed by atoms with Crippen LogP contribution in [0.2, 0.25) is 0 Å². The molecule has 2 aromatic carbocycles. The summed E-state index contributed by atoms with van der Waals surface area (Å²) in [5.41, 5.74) is 1.68. The zero-order chi connectivity index (χ0) is 20.7. The fraction of sp³-hybridized carbons (Fsp3) is 0.350. The van der Waals surface area contributed by atoms with Crippen LogP contribution in [-0.4, -0.2) is 42.0 Å². The first-order valence-electron chi connectivity index (χ1n) is 8.43. The SMILES string of the molecule is COc1cc(Br)c(CC(NC=O)c2ccc(OC)c(OC)c2OC)cc1OC. The van der Waals surface area contributed by atoms with Crippen LogP contribution in [0, 0.1) is 0 Å². The molecular formula is C20H24BrNO6. The minimum Gasteiger partial charge on any atom is -0.493 e. The Morgan fingerprint density at radius 2 is 1.50 bits per heavy atom. The zero-order valence-electron chi connectivity index (χ0n) is 16.5. The summed E-state index contributed by atoms with van der Waals surface area (Å²) in [5, 5.41) is 2.85. The van der Waals surface area contributed by atoms with Crippen LogP contribution in [0.1, 0.15) is 17.2 Å². The van der Waals surface area contributed by atoms with E-state index in [1.165, 1.54) is 7.11 Å². The van der Waals surface area contributed by atoms with Crippen molar-refractivity contribution in [2.45, 2.75) is 12.5 Å². The van der Waals surface area contributed by atoms with Gasteiger partial charge < -0.3 is 29.0 Å². The van der Waals surface area contributed by atoms with Crippen LogP contribution in [0.15, 0.2) is 28.7 Å². The Hall–Kier alpha value is -2.61. The number of halogens is 1. The molecule has 0 spiro atoms. The van der Waals surface area contributed by atoms with Gasteiger partial charge >= 0.3 is 0 Å². The van der Waals surface area contributed by atoms with E-state index in [1.54, 1.807) is 34.5 Å². The zero-order valence-corrected chi connectivity index (χ0v) is 18.1. The summed E-state index contributed by atoms with van der Waals surface area (Å²) >= 11 is 3.56. The van der Waals surface area contributed by atoms with Crippen LogP contribution < -0.4 is 29.0 Å². The van der Waals surface area contributed by atoms with Crippen molar-refractivity contribution in [2.75, 3.05) is 35.5 Å². The molecule has 0 heterocycles. The molecule has 1 N–H and O–H groups in total. The Bertz CT molecular complexity index is 827. The maximum Gasteiger partial charge on any atom is 0.207 e. The van der Waals surface area contributed by atoms with Crippen molar-refractivity contribution >= 4 is 22.3 Å². The Kier molecular flexibility index (Phi) is 7.80. The Morgan fingerprint density at radius 1 is 0.893 bits per heavy atom. The van der Waals surface area contributed by atoms with Crippen molar-refractivity contribution < 1.29 is 28.5 Å². The monoisotopic (exact) mass is 453 g/mol. The minimum atomic E-state index is -0.373. The van der Waals surface area contributed by atoms with E-state index in [-0.39, 0.29) is 6.04 Å². The van der Waals surface area contributed by atoms with Gasteiger partial charge in [-0.25, -0.2) is 0 Å². The summed E-state index contributed by atoms with van der Waals surface area (Å²) in [5.74, 6) is 2.72. The summed E-state index contributed by atoms with van der Waals surface area (Å²) in [6, 6.07) is 6.95. The molecule has 8 heteroatoms. The smallest absolute Gasteiger partial charge is 0.207 e. The lowest BCUT2D eigenvalue weighted by Crippen LogP contribution is -2.22. The molecule has 0 bridgehead atoms. The first-order valence-corrected chi connectivity index (χ1v) is 9.22. The van der Waals surface area contributed by atoms with E-state index >= 15 is 0 Å². The predicted octanol–water partition coefficient (Wildman–Crippen LogP) is 3.52. The summed E-state index contributed by atoms with van der Waals surface area (Å²) in [6.07, 6.45) is 1.14. The molecule has 0 radical (unpaired) electrons. The van der Waals surface area contributed by atoms with Gasteiger partial charge in [0, 0.05) is 10.0 Å². The Labute approximate surface area is 173 Å². The van der Waals surface area contributed by atoms with Crippen LogP contribution in [0.25, 0.3) is 0 Å². The molecule has 0 saturated carbocycles. The average Bonchev–Trinajstić information content (AvgIpc) is 2.72. The minimum absolute atomic E-state index is 0.373. The van der Waals surface area contributed by atoms with Gasteiger partial charge in [-0.2, -0.15) is 0 Å². The number of amides is 1. The number of nitrogens with one attached hydrogen (secondary N) is 1. The Morgan fingerprint density at radius 3 is 2.04 bits per heavy atom. The molecule has 2 aromatic rings. The molecular weight excluding hydrogens is 430 g/mol. The summed E-state index contributed by atoms with van der Waals surface area (Å²) in [4.78, 5) is 11.3. The van der Waals surface area contributed by atoms with Crippen molar-refractivity contribution in [3.05, 3.63) is 39.9 Å². The van der Waals surface area contributed by atoms with E-state index in [1.807, 2.05) is 18.2 Å². The van der Waals surface area contributed by atoms with E-state index in [2.05, 4.69) is 21.2 Å². The quantitative estimate of drug-likeness (QED) is 0.554. The lowest BCUT2D eigenvalue weighted by molar-refractivity contribution is -0.110. The van der Waals surface area contributed by atoms with Crippen LogP contribution >= 0.6 is 15.9 Å². The van der Waals surface area contributed by atoms with Crippen molar-refractivity contribution in [1.82, 2.24) is 5.32 Å². The van der Waals surface area contributed by atoms with Gasteiger partial charge in [-0.3, -0.25) is 4.79 Å². The van der Waals surface area contributed by atoms with Gasteiger partial charge in [0.1, 0.15) is 0 Å². The number of hydrogen-bond donors (Lipinski definition) is 1. The third-order valence-corrected chi connectivity index (χ3v) is 5.09. The molecule has 0 saturated heterocycles. The second kappa shape index (κ2) is 10.1. The largest absolute Gasteiger partial charge is 0.493 e. The number of carbonyl (C=O) groups is 1. The van der Waals surface area contributed by atoms with Gasteiger partial charge in [0.05, 0.1) is 41.6 Å². The van der Waals surface area contributed by atoms with Gasteiger partial charge in [-0.1, -0.05) is 15.9 Å². The van der Waals surface area contributed by atoms with Gasteiger partial charge in [0.25, 0.3) is 0 Å². The molecule has 7 nitrogen and oxygen atoms in total. The number of ether oxygens (including phenoxy) is 5. The van der Waals surface area contributed by atoms with Gasteiger partial charge in [-0.05, 0) is 36.2 Å². The number of carbonyl (C=O) groups excluding carboxylic acids is 1. The fourth-order valence-corrected chi connectivity index (χ4v) is 3.50. The predicted molar refractivity (Wildman–Crippen MR) is 109 cm³/mol. The number of methoxy groups -OCH3 is 5. The first-order chi connectivity index (χ1) is 13.5. The van der Waals surface area contributed by atoms with Gasteiger partial charge in [0.15, 0.2) is 23.0 Å². The third-order valence-electron chi connectivity index (χ3n) is 4.36. The molecule has 0 aliphatic heterocycles. The summed E-state index contributed by atoms with van der Waals surface area (Å²) in [7, 11) is 7.80. The normalized spacial score (nSPS) is 11.4. The molecule has 0 fully saturated rings. The maximum atomic E-state index is 11.3. The second-order valence-corrected chi connectivity index (χ2v) is 6.62. The number of benzene rings is 2. The summed E-state index contributed by atoms with van der Waals surface area (Å²) < 4.78 is 27.9. The average molecular weight is 454 g/mol. The fourth-order valence-electron chi connectivity index (χ4n) is 3.01. The van der Waals surface area contributed by atoms with E-state index in [4.69, 9.17) is 23.7 Å². The van der Waals surface area contributed by atoms with Crippen molar-refractivity contribution in [3.63, 3.8) is 0 Å². The summed E-state index contributed by atoms with van der Waals surface area (Å²) in [6.45, 7) is 0. The highest BCUT2D eigenvalue weighted by molar-refractivity contribution is 9.10. The molecule has 1 atom stereocenters. The molecule has 152 valence electrons. The van der Waals surface area contributed by atoms with Crippen LogP contribution in [0.5, 0.6) is 28.7 Å². The molecule has 0 aromatic heterocycles. The molecule has 0 aliphatic carbocycles. The van der Waals surface area contributed by atoms with E-state index in [0.717, 1.165) is 15.6 Å². The molecule has 0 aliphatic rings. The highest BCUT2D eigenvalue weighted by atomic mass is 79.9. The van der Waals surface area contributed by atoms with E-state index in [9.17, 15) is 4.79 Å². The van der Waals surface area contributed by atoms with Crippen molar-refractivity contribution in [3.8, 4) is 28.7 Å². The van der Waals surface area contributed by atoms with Crippen molar-refractivity contribution in [2.24, 2.45) is 0 Å². The number of rotatable bonds is 10. The third kappa shape index (κ3) is 4.44. The van der Waals surface area contributed by atoms with Crippen LogP contribution in [0.4, 0.5) is 0 Å².